The van der Waals surface area contributed by atoms with Crippen molar-refractivity contribution in [3.63, 3.8) is 0 Å². The summed E-state index contributed by atoms with van der Waals surface area (Å²) in [5.41, 5.74) is 1.73. The molecule has 3 heterocycles. The number of benzene rings is 1. The van der Waals surface area contributed by atoms with Crippen molar-refractivity contribution in [2.24, 2.45) is 0 Å². The van der Waals surface area contributed by atoms with E-state index in [0.717, 1.165) is 25.7 Å². The average molecular weight is 413 g/mol. The number of rotatable bonds is 6. The van der Waals surface area contributed by atoms with Crippen molar-refractivity contribution in [3.8, 4) is 10.4 Å². The number of nitrogens with one attached hydrogen (secondary N) is 1. The Balaban J connectivity index is 1.48. The number of furan rings is 1. The van der Waals surface area contributed by atoms with Crippen LogP contribution in [0.15, 0.2) is 64.5 Å². The van der Waals surface area contributed by atoms with E-state index >= 15 is 0 Å². The molecule has 1 N–H and O–H groups in total. The fourth-order valence-electron chi connectivity index (χ4n) is 2.72. The highest BCUT2D eigenvalue weighted by Gasteiger charge is 2.15. The minimum absolute atomic E-state index is 0.101. The van der Waals surface area contributed by atoms with Gasteiger partial charge >= 0.3 is 0 Å². The van der Waals surface area contributed by atoms with Crippen LogP contribution in [0.2, 0.25) is 0 Å². The maximum absolute atomic E-state index is 13.2. The van der Waals surface area contributed by atoms with Gasteiger partial charge in [-0.2, -0.15) is 0 Å². The monoisotopic (exact) mass is 413 g/mol. The maximum Gasteiger partial charge on any atom is 0.231 e. The molecule has 0 radical (unpaired) electrons. The molecule has 4 rings (SSSR count). The summed E-state index contributed by atoms with van der Waals surface area (Å²) in [6, 6.07) is 11.7. The summed E-state index contributed by atoms with van der Waals surface area (Å²) in [5, 5.41) is 3.66. The molecule has 1 unspecified atom stereocenters. The van der Waals surface area contributed by atoms with Gasteiger partial charge < -0.3 is 9.73 Å². The van der Waals surface area contributed by atoms with Crippen LogP contribution in [0.4, 0.5) is 4.39 Å². The first-order valence-electron chi connectivity index (χ1n) is 8.56. The zero-order chi connectivity index (χ0) is 19.5. The van der Waals surface area contributed by atoms with Gasteiger partial charge in [-0.1, -0.05) is 23.9 Å². The van der Waals surface area contributed by atoms with Gasteiger partial charge in [0.1, 0.15) is 22.9 Å². The summed E-state index contributed by atoms with van der Waals surface area (Å²) < 4.78 is 19.4. The van der Waals surface area contributed by atoms with E-state index in [2.05, 4.69) is 15.3 Å². The topological polar surface area (TPSA) is 68.0 Å². The van der Waals surface area contributed by atoms with Gasteiger partial charge in [0.25, 0.3) is 0 Å². The number of nitrogens with zero attached hydrogens (tertiary/aromatic N) is 2. The van der Waals surface area contributed by atoms with Gasteiger partial charge in [0.15, 0.2) is 0 Å². The lowest BCUT2D eigenvalue weighted by atomic mass is 10.2. The molecule has 0 fully saturated rings. The van der Waals surface area contributed by atoms with Gasteiger partial charge in [0.05, 0.1) is 28.3 Å². The summed E-state index contributed by atoms with van der Waals surface area (Å²) in [6.07, 6.45) is 3.08. The zero-order valence-corrected chi connectivity index (χ0v) is 16.5. The fourth-order valence-corrected chi connectivity index (χ4v) is 4.73. The van der Waals surface area contributed by atoms with Crippen LogP contribution in [0.3, 0.4) is 0 Å². The van der Waals surface area contributed by atoms with Crippen molar-refractivity contribution < 1.29 is 13.6 Å². The minimum Gasteiger partial charge on any atom is -0.467 e. The molecule has 1 amide bonds. The third-order valence-electron chi connectivity index (χ3n) is 4.09. The van der Waals surface area contributed by atoms with E-state index in [1.165, 1.54) is 41.6 Å². The van der Waals surface area contributed by atoms with Gasteiger partial charge in [-0.3, -0.25) is 4.79 Å². The predicted octanol–water partition coefficient (Wildman–Crippen LogP) is 5.06. The molecule has 28 heavy (non-hydrogen) atoms. The van der Waals surface area contributed by atoms with Crippen molar-refractivity contribution in [1.29, 1.82) is 0 Å². The summed E-state index contributed by atoms with van der Waals surface area (Å²) in [5.74, 6) is 0.581. The van der Waals surface area contributed by atoms with Gasteiger partial charge in [0.2, 0.25) is 5.91 Å². The first kappa shape index (κ1) is 18.6. The molecule has 0 saturated carbocycles. The molecule has 0 aliphatic carbocycles. The second-order valence-electron chi connectivity index (χ2n) is 6.10. The molecule has 5 nitrogen and oxygen atoms in total. The number of hydrogen-bond acceptors (Lipinski definition) is 6. The molecular weight excluding hydrogens is 397 g/mol. The smallest absolute Gasteiger partial charge is 0.231 e. The Labute approximate surface area is 169 Å². The minimum atomic E-state index is -0.268. The van der Waals surface area contributed by atoms with E-state index < -0.39 is 0 Å². The Hall–Kier alpha value is -2.71. The number of halogens is 1. The third kappa shape index (κ3) is 4.07. The number of carbonyl (C=O) groups excluding carboxylic acids is 1. The van der Waals surface area contributed by atoms with Gasteiger partial charge in [0, 0.05) is 4.88 Å². The van der Waals surface area contributed by atoms with Crippen molar-refractivity contribution >= 4 is 39.2 Å². The van der Waals surface area contributed by atoms with E-state index in [1.54, 1.807) is 24.5 Å². The lowest BCUT2D eigenvalue weighted by Crippen LogP contribution is -2.27. The van der Waals surface area contributed by atoms with Gasteiger partial charge in [-0.25, -0.2) is 14.4 Å². The number of hydrogen-bond donors (Lipinski definition) is 1. The molecule has 3 aromatic heterocycles. The summed E-state index contributed by atoms with van der Waals surface area (Å²) in [6.45, 7) is 1.87. The Morgan fingerprint density at radius 1 is 1.29 bits per heavy atom. The van der Waals surface area contributed by atoms with Crippen LogP contribution >= 0.6 is 23.1 Å². The summed E-state index contributed by atoms with van der Waals surface area (Å²) in [4.78, 5) is 21.9. The highest BCUT2D eigenvalue weighted by molar-refractivity contribution is 8.00. The van der Waals surface area contributed by atoms with Crippen LogP contribution in [0.25, 0.3) is 20.7 Å². The lowest BCUT2D eigenvalue weighted by molar-refractivity contribution is -0.119. The fraction of sp³-hybridized carbons (Fsp3) is 0.150. The van der Waals surface area contributed by atoms with Gasteiger partial charge in [-0.15, -0.1) is 11.3 Å². The number of amides is 1. The van der Waals surface area contributed by atoms with Crippen LogP contribution in [0, 0.1) is 5.82 Å². The molecule has 0 bridgehead atoms. The largest absolute Gasteiger partial charge is 0.467 e. The molecule has 0 aliphatic heterocycles. The summed E-state index contributed by atoms with van der Waals surface area (Å²) in [7, 11) is 0. The predicted molar refractivity (Wildman–Crippen MR) is 109 cm³/mol. The van der Waals surface area contributed by atoms with E-state index in [4.69, 9.17) is 4.42 Å². The Morgan fingerprint density at radius 3 is 2.86 bits per heavy atom. The Kier molecular flexibility index (Phi) is 5.40. The zero-order valence-electron chi connectivity index (χ0n) is 14.9. The van der Waals surface area contributed by atoms with Crippen LogP contribution in [-0.4, -0.2) is 21.6 Å². The third-order valence-corrected chi connectivity index (χ3v) is 6.39. The second-order valence-corrected chi connectivity index (χ2v) is 8.12. The quantitative estimate of drug-likeness (QED) is 0.353. The molecule has 4 aromatic rings. The maximum atomic E-state index is 13.2. The normalized spacial score (nSPS) is 12.2. The van der Waals surface area contributed by atoms with Crippen LogP contribution in [0.5, 0.6) is 0 Å². The van der Waals surface area contributed by atoms with Crippen molar-refractivity contribution in [3.05, 3.63) is 66.6 Å². The molecule has 0 spiro atoms. The number of fused-ring (bicyclic) bond motifs is 1. The van der Waals surface area contributed by atoms with Crippen LogP contribution in [-0.2, 0) is 4.79 Å². The summed E-state index contributed by atoms with van der Waals surface area (Å²) >= 11 is 2.90. The molecular formula is C20H16FN3O2S2. The van der Waals surface area contributed by atoms with E-state index in [0.29, 0.717) is 5.76 Å². The first-order valence-corrected chi connectivity index (χ1v) is 10.4. The molecule has 0 saturated heterocycles. The number of aromatic nitrogens is 2. The highest BCUT2D eigenvalue weighted by Crippen LogP contribution is 2.36. The molecule has 1 aromatic carbocycles. The van der Waals surface area contributed by atoms with Crippen LogP contribution < -0.4 is 5.32 Å². The molecule has 8 heteroatoms. The van der Waals surface area contributed by atoms with Crippen molar-refractivity contribution in [2.75, 3.05) is 5.75 Å². The lowest BCUT2D eigenvalue weighted by Gasteiger charge is -2.11. The number of thiophene rings is 1. The van der Waals surface area contributed by atoms with E-state index in [9.17, 15) is 9.18 Å². The van der Waals surface area contributed by atoms with Crippen molar-refractivity contribution in [1.82, 2.24) is 15.3 Å². The van der Waals surface area contributed by atoms with Crippen LogP contribution in [0.1, 0.15) is 18.7 Å². The van der Waals surface area contributed by atoms with E-state index in [1.807, 2.05) is 19.1 Å². The number of thioether (sulfide) groups is 1. The number of carbonyl (C=O) groups is 1. The molecule has 0 aliphatic rings. The second kappa shape index (κ2) is 8.12. The van der Waals surface area contributed by atoms with E-state index in [-0.39, 0.29) is 23.5 Å². The first-order chi connectivity index (χ1) is 13.6. The highest BCUT2D eigenvalue weighted by atomic mass is 32.2. The molecule has 1 atom stereocenters. The SMILES string of the molecule is CC(NC(=O)CSc1ncnc2cc(-c3ccc(F)cc3)sc12)c1ccco1. The van der Waals surface area contributed by atoms with Crippen molar-refractivity contribution in [2.45, 2.75) is 18.0 Å². The Morgan fingerprint density at radius 2 is 2.11 bits per heavy atom. The van der Waals surface area contributed by atoms with Gasteiger partial charge in [-0.05, 0) is 42.8 Å². The average Bonchev–Trinajstić information content (AvgIpc) is 3.37. The Bertz CT molecular complexity index is 1090. The standard InChI is InChI=1S/C20H16FN3O2S2/c1-12(16-3-2-8-26-16)24-18(25)10-27-20-19-15(22-11-23-20)9-17(28-19)13-4-6-14(21)7-5-13/h2-9,11-12H,10H2,1H3,(H,24,25). The molecule has 142 valence electrons.